The zero-order valence-electron chi connectivity index (χ0n) is 15.1. The third-order valence-corrected chi connectivity index (χ3v) is 5.32. The Morgan fingerprint density at radius 2 is 1.79 bits per heavy atom. The molecule has 0 aromatic heterocycles. The average molecular weight is 398 g/mol. The molecule has 0 saturated heterocycles. The van der Waals surface area contributed by atoms with Gasteiger partial charge in [0.1, 0.15) is 6.04 Å². The van der Waals surface area contributed by atoms with Crippen LogP contribution in [0.2, 0.25) is 0 Å². The highest BCUT2D eigenvalue weighted by atomic mass is 32.2. The van der Waals surface area contributed by atoms with Crippen LogP contribution < -0.4 is 14.8 Å². The van der Waals surface area contributed by atoms with E-state index in [0.717, 1.165) is 4.90 Å². The Hall–Kier alpha value is -3.00. The van der Waals surface area contributed by atoms with Crippen LogP contribution in [0.1, 0.15) is 27.1 Å². The van der Waals surface area contributed by atoms with Crippen LogP contribution in [0.3, 0.4) is 0 Å². The van der Waals surface area contributed by atoms with Gasteiger partial charge in [0.25, 0.3) is 11.8 Å². The van der Waals surface area contributed by atoms with Crippen LogP contribution in [0.4, 0.5) is 5.69 Å². The Labute approximate surface area is 166 Å². The molecule has 2 aliphatic heterocycles. The second kappa shape index (κ2) is 7.55. The minimum absolute atomic E-state index is 0.137. The van der Waals surface area contributed by atoms with Crippen molar-refractivity contribution in [2.24, 2.45) is 0 Å². The lowest BCUT2D eigenvalue weighted by Gasteiger charge is -2.25. The van der Waals surface area contributed by atoms with Crippen LogP contribution >= 0.6 is 11.8 Å². The van der Waals surface area contributed by atoms with Gasteiger partial charge < -0.3 is 14.8 Å². The van der Waals surface area contributed by atoms with Crippen molar-refractivity contribution in [2.45, 2.75) is 12.5 Å². The summed E-state index contributed by atoms with van der Waals surface area (Å²) >= 11 is 1.55. The van der Waals surface area contributed by atoms with Crippen molar-refractivity contribution in [3.05, 3.63) is 53.6 Å². The maximum absolute atomic E-state index is 13.0. The number of thioether (sulfide) groups is 1. The minimum Gasteiger partial charge on any atom is -0.454 e. The van der Waals surface area contributed by atoms with Gasteiger partial charge in [0, 0.05) is 11.8 Å². The van der Waals surface area contributed by atoms with E-state index in [1.807, 2.05) is 6.26 Å². The molecule has 2 aromatic rings. The molecular formula is C20H18N2O5S. The first-order chi connectivity index (χ1) is 13.6. The van der Waals surface area contributed by atoms with Crippen molar-refractivity contribution in [2.75, 3.05) is 24.1 Å². The standard InChI is InChI=1S/C20H18N2O5S/c1-28-9-8-15(22-19(24)13-4-2-3-5-14(13)20(22)25)18(23)21-12-6-7-16-17(10-12)27-11-26-16/h2-7,10,15H,8-9,11H2,1H3,(H,21,23)/t15-/m0/s1. The number of carbonyl (C=O) groups excluding carboxylic acids is 3. The fourth-order valence-corrected chi connectivity index (χ4v) is 3.76. The lowest BCUT2D eigenvalue weighted by molar-refractivity contribution is -0.120. The Bertz CT molecular complexity index is 926. The van der Waals surface area contributed by atoms with Crippen molar-refractivity contribution in [1.82, 2.24) is 4.90 Å². The van der Waals surface area contributed by atoms with Gasteiger partial charge in [0.15, 0.2) is 11.5 Å². The SMILES string of the molecule is CSCC[C@@H](C(=O)Nc1ccc2c(c1)OCO2)N1C(=O)c2ccccc2C1=O. The number of hydrogen-bond donors (Lipinski definition) is 1. The van der Waals surface area contributed by atoms with Crippen LogP contribution in [-0.2, 0) is 4.79 Å². The summed E-state index contributed by atoms with van der Waals surface area (Å²) in [5.74, 6) is 0.492. The number of imide groups is 1. The Kier molecular flexibility index (Phi) is 4.95. The van der Waals surface area contributed by atoms with Gasteiger partial charge in [-0.05, 0) is 42.7 Å². The van der Waals surface area contributed by atoms with Gasteiger partial charge in [-0.2, -0.15) is 11.8 Å². The molecule has 28 heavy (non-hydrogen) atoms. The van der Waals surface area contributed by atoms with Crippen molar-refractivity contribution in [3.63, 3.8) is 0 Å². The molecule has 0 spiro atoms. The first-order valence-electron chi connectivity index (χ1n) is 8.76. The molecule has 0 unspecified atom stereocenters. The van der Waals surface area contributed by atoms with E-state index in [1.165, 1.54) is 0 Å². The third-order valence-electron chi connectivity index (χ3n) is 4.68. The molecule has 0 radical (unpaired) electrons. The van der Waals surface area contributed by atoms with E-state index >= 15 is 0 Å². The van der Waals surface area contributed by atoms with Crippen LogP contribution in [0.15, 0.2) is 42.5 Å². The first-order valence-corrected chi connectivity index (χ1v) is 10.2. The maximum Gasteiger partial charge on any atom is 0.262 e. The van der Waals surface area contributed by atoms with Crippen LogP contribution in [0, 0.1) is 0 Å². The lowest BCUT2D eigenvalue weighted by Crippen LogP contribution is -2.47. The number of fused-ring (bicyclic) bond motifs is 2. The molecule has 0 saturated carbocycles. The summed E-state index contributed by atoms with van der Waals surface area (Å²) < 4.78 is 10.6. The molecule has 0 aliphatic carbocycles. The summed E-state index contributed by atoms with van der Waals surface area (Å²) in [4.78, 5) is 39.7. The van der Waals surface area contributed by atoms with Gasteiger partial charge in [0.2, 0.25) is 12.7 Å². The van der Waals surface area contributed by atoms with Crippen LogP contribution in [0.5, 0.6) is 11.5 Å². The molecule has 0 bridgehead atoms. The number of anilines is 1. The van der Waals surface area contributed by atoms with E-state index in [2.05, 4.69) is 5.32 Å². The summed E-state index contributed by atoms with van der Waals surface area (Å²) in [5.41, 5.74) is 1.18. The average Bonchev–Trinajstić information content (AvgIpc) is 3.26. The number of nitrogens with zero attached hydrogens (tertiary/aromatic N) is 1. The predicted molar refractivity (Wildman–Crippen MR) is 105 cm³/mol. The van der Waals surface area contributed by atoms with Gasteiger partial charge in [-0.25, -0.2) is 0 Å². The Morgan fingerprint density at radius 3 is 2.46 bits per heavy atom. The summed E-state index contributed by atoms with van der Waals surface area (Å²) in [6.45, 7) is 0.137. The molecule has 2 aliphatic rings. The lowest BCUT2D eigenvalue weighted by atomic mass is 10.1. The molecule has 1 atom stereocenters. The number of nitrogens with one attached hydrogen (secondary N) is 1. The number of benzene rings is 2. The number of amides is 3. The zero-order valence-corrected chi connectivity index (χ0v) is 16.0. The van der Waals surface area contributed by atoms with Gasteiger partial charge in [-0.15, -0.1) is 0 Å². The van der Waals surface area contributed by atoms with Gasteiger partial charge >= 0.3 is 0 Å². The number of carbonyl (C=O) groups is 3. The summed E-state index contributed by atoms with van der Waals surface area (Å²) in [6.07, 6.45) is 2.28. The number of ether oxygens (including phenoxy) is 2. The summed E-state index contributed by atoms with van der Waals surface area (Å²) in [6, 6.07) is 10.8. The van der Waals surface area contributed by atoms with E-state index in [9.17, 15) is 14.4 Å². The number of rotatable bonds is 6. The van der Waals surface area contributed by atoms with E-state index in [1.54, 1.807) is 54.2 Å². The fraction of sp³-hybridized carbons (Fsp3) is 0.250. The molecule has 2 aromatic carbocycles. The van der Waals surface area contributed by atoms with E-state index in [0.29, 0.717) is 40.5 Å². The highest BCUT2D eigenvalue weighted by Gasteiger charge is 2.42. The van der Waals surface area contributed by atoms with Gasteiger partial charge in [0.05, 0.1) is 11.1 Å². The van der Waals surface area contributed by atoms with Crippen molar-refractivity contribution >= 4 is 35.2 Å². The second-order valence-corrected chi connectivity index (χ2v) is 7.37. The Balaban J connectivity index is 1.59. The van der Waals surface area contributed by atoms with E-state index < -0.39 is 23.8 Å². The molecule has 144 valence electrons. The topological polar surface area (TPSA) is 84.9 Å². The predicted octanol–water partition coefficient (Wildman–Crippen LogP) is 2.77. The van der Waals surface area contributed by atoms with E-state index in [-0.39, 0.29) is 6.79 Å². The summed E-state index contributed by atoms with van der Waals surface area (Å²) in [5, 5.41) is 2.80. The first kappa shape index (κ1) is 18.4. The zero-order chi connectivity index (χ0) is 19.7. The minimum atomic E-state index is -0.898. The Morgan fingerprint density at radius 1 is 1.11 bits per heavy atom. The largest absolute Gasteiger partial charge is 0.454 e. The maximum atomic E-state index is 13.0. The highest BCUT2D eigenvalue weighted by molar-refractivity contribution is 7.98. The molecular weight excluding hydrogens is 380 g/mol. The van der Waals surface area contributed by atoms with Crippen molar-refractivity contribution < 1.29 is 23.9 Å². The van der Waals surface area contributed by atoms with Crippen LogP contribution in [0.25, 0.3) is 0 Å². The highest BCUT2D eigenvalue weighted by Crippen LogP contribution is 2.34. The smallest absolute Gasteiger partial charge is 0.262 e. The van der Waals surface area contributed by atoms with Crippen molar-refractivity contribution in [1.29, 1.82) is 0 Å². The summed E-state index contributed by atoms with van der Waals surface area (Å²) in [7, 11) is 0. The molecule has 1 N–H and O–H groups in total. The molecule has 8 heteroatoms. The molecule has 2 heterocycles. The number of hydrogen-bond acceptors (Lipinski definition) is 6. The molecule has 4 rings (SSSR count). The van der Waals surface area contributed by atoms with E-state index in [4.69, 9.17) is 9.47 Å². The van der Waals surface area contributed by atoms with Crippen molar-refractivity contribution in [3.8, 4) is 11.5 Å². The monoisotopic (exact) mass is 398 g/mol. The third kappa shape index (κ3) is 3.20. The molecule has 3 amide bonds. The quantitative estimate of drug-likeness (QED) is 0.754. The van der Waals surface area contributed by atoms with Gasteiger partial charge in [-0.3, -0.25) is 19.3 Å². The van der Waals surface area contributed by atoms with Crippen LogP contribution in [-0.4, -0.2) is 47.5 Å². The van der Waals surface area contributed by atoms with Gasteiger partial charge in [-0.1, -0.05) is 12.1 Å². The normalized spacial score (nSPS) is 15.5. The fourth-order valence-electron chi connectivity index (χ4n) is 3.30. The molecule has 7 nitrogen and oxygen atoms in total. The second-order valence-electron chi connectivity index (χ2n) is 6.38. The molecule has 0 fully saturated rings.